The maximum absolute atomic E-state index is 7.36. The number of rotatable bonds is 12. The van der Waals surface area contributed by atoms with Gasteiger partial charge in [0.1, 0.15) is 28.7 Å². The fourth-order valence-corrected chi connectivity index (χ4v) is 10.5. The summed E-state index contributed by atoms with van der Waals surface area (Å²) in [5, 5.41) is 4.19. The van der Waals surface area contributed by atoms with Crippen LogP contribution in [0.4, 0.5) is 0 Å². The van der Waals surface area contributed by atoms with E-state index in [2.05, 4.69) is 178 Å². The molecule has 0 N–H and O–H groups in total. The molecule has 0 saturated carbocycles. The summed E-state index contributed by atoms with van der Waals surface area (Å²) in [6.07, 6.45) is 0. The van der Waals surface area contributed by atoms with Crippen molar-refractivity contribution in [2.24, 2.45) is 0 Å². The minimum Gasteiger partial charge on any atom is -0.417 e. The van der Waals surface area contributed by atoms with Gasteiger partial charge in [0.25, 0.3) is 0 Å². The van der Waals surface area contributed by atoms with Gasteiger partial charge in [0.05, 0.1) is 0 Å². The monoisotopic (exact) mass is 880 g/mol. The molecule has 0 aliphatic carbocycles. The molecule has 63 heavy (non-hydrogen) atoms. The van der Waals surface area contributed by atoms with Crippen LogP contribution in [0.15, 0.2) is 66.7 Å². The highest BCUT2D eigenvalue weighted by Gasteiger charge is 2.31. The van der Waals surface area contributed by atoms with Crippen LogP contribution in [0.25, 0.3) is 32.7 Å². The van der Waals surface area contributed by atoms with E-state index in [9.17, 15) is 0 Å². The lowest BCUT2D eigenvalue weighted by atomic mass is 9.88. The lowest BCUT2D eigenvalue weighted by molar-refractivity contribution is 0.322. The van der Waals surface area contributed by atoms with Crippen LogP contribution in [0, 0.1) is 111 Å². The second-order valence-corrected chi connectivity index (χ2v) is 19.7. The molecule has 0 bridgehead atoms. The van der Waals surface area contributed by atoms with Crippen molar-refractivity contribution in [3.05, 3.63) is 156 Å². The smallest absolute Gasteiger partial charge is 0.417 e. The van der Waals surface area contributed by atoms with E-state index in [1.165, 1.54) is 33.4 Å². The van der Waals surface area contributed by atoms with Crippen molar-refractivity contribution in [2.75, 3.05) is 7.11 Å². The molecule has 0 saturated heterocycles. The Kier molecular flexibility index (Phi) is 13.2. The average molecular weight is 881 g/mol. The zero-order valence-corrected chi connectivity index (χ0v) is 42.0. The van der Waals surface area contributed by atoms with Crippen LogP contribution in [-0.2, 0) is 4.52 Å². The minimum absolute atomic E-state index is 0.648. The molecule has 7 aromatic rings. The van der Waals surface area contributed by atoms with E-state index in [4.69, 9.17) is 27.1 Å². The predicted octanol–water partition coefficient (Wildman–Crippen LogP) is 16.7. The van der Waals surface area contributed by atoms with Crippen molar-refractivity contribution in [3.8, 4) is 39.9 Å². The van der Waals surface area contributed by atoms with Gasteiger partial charge in [-0.1, -0.05) is 47.5 Å². The number of hydrogen-bond donors (Lipinski definition) is 0. The van der Waals surface area contributed by atoms with Crippen LogP contribution in [0.5, 0.6) is 28.7 Å². The van der Waals surface area contributed by atoms with Crippen LogP contribution in [0.1, 0.15) is 89.0 Å². The first kappa shape index (κ1) is 45.9. The molecule has 1 atom stereocenters. The molecule has 6 nitrogen and oxygen atoms in total. The summed E-state index contributed by atoms with van der Waals surface area (Å²) in [5.41, 5.74) is 19.8. The molecule has 7 rings (SSSR count). The van der Waals surface area contributed by atoms with E-state index in [0.29, 0.717) is 11.5 Å². The summed E-state index contributed by atoms with van der Waals surface area (Å²) in [4.78, 5) is 0. The third-order valence-electron chi connectivity index (χ3n) is 13.4. The number of hydrogen-bond acceptors (Lipinski definition) is 6. The Balaban J connectivity index is 1.49. The number of aryl methyl sites for hydroxylation is 7. The van der Waals surface area contributed by atoms with E-state index in [1.54, 1.807) is 7.11 Å². The highest BCUT2D eigenvalue weighted by molar-refractivity contribution is 7.43. The standard InChI is InChI=1S/C55H62O6P2/c1-29-18-20-47-45(22-29)24-34(6)54(60-62(56-17)57-49-26-31(3)36(8)39(11)42(49)14)52(47)53-48-21-19-30(2)23-46(48)25-35(7)55(53)61-63(58-50-27-32(4)37(9)40(12)43(50)15)59-51-28-33(5)38(10)41(13)44(51)16/h18-28H,1-17H3. The lowest BCUT2D eigenvalue weighted by Crippen LogP contribution is -2.08. The molecule has 0 amide bonds. The van der Waals surface area contributed by atoms with Gasteiger partial charge >= 0.3 is 17.2 Å². The van der Waals surface area contributed by atoms with Crippen molar-refractivity contribution < 1.29 is 27.1 Å². The van der Waals surface area contributed by atoms with Gasteiger partial charge < -0.3 is 22.6 Å². The second kappa shape index (κ2) is 18.2. The molecule has 0 aliphatic rings. The maximum Gasteiger partial charge on any atom is 0.530 e. The largest absolute Gasteiger partial charge is 0.530 e. The zero-order chi connectivity index (χ0) is 45.8. The van der Waals surface area contributed by atoms with Crippen LogP contribution in [0.3, 0.4) is 0 Å². The molecular weight excluding hydrogens is 819 g/mol. The Morgan fingerprint density at radius 2 is 0.651 bits per heavy atom. The Labute approximate surface area is 377 Å². The summed E-state index contributed by atoms with van der Waals surface area (Å²) in [7, 11) is -2.36. The van der Waals surface area contributed by atoms with Crippen molar-refractivity contribution in [3.63, 3.8) is 0 Å². The van der Waals surface area contributed by atoms with Crippen molar-refractivity contribution in [1.82, 2.24) is 0 Å². The normalized spacial score (nSPS) is 12.0. The van der Waals surface area contributed by atoms with Crippen molar-refractivity contribution in [2.45, 2.75) is 111 Å². The minimum atomic E-state index is -2.09. The molecule has 328 valence electrons. The molecule has 7 aromatic carbocycles. The molecule has 0 radical (unpaired) electrons. The fourth-order valence-electron chi connectivity index (χ4n) is 8.38. The van der Waals surface area contributed by atoms with E-state index in [-0.39, 0.29) is 0 Å². The summed E-state index contributed by atoms with van der Waals surface area (Å²) >= 11 is 0. The van der Waals surface area contributed by atoms with E-state index >= 15 is 0 Å². The van der Waals surface area contributed by atoms with Gasteiger partial charge in [-0.05, 0) is 241 Å². The quantitative estimate of drug-likeness (QED) is 0.114. The van der Waals surface area contributed by atoms with Crippen molar-refractivity contribution >= 4 is 38.7 Å². The van der Waals surface area contributed by atoms with Crippen molar-refractivity contribution in [1.29, 1.82) is 0 Å². The van der Waals surface area contributed by atoms with Gasteiger partial charge in [0.15, 0.2) is 0 Å². The Bertz CT molecular complexity index is 2880. The molecule has 0 aromatic heterocycles. The third kappa shape index (κ3) is 8.88. The lowest BCUT2D eigenvalue weighted by Gasteiger charge is -2.27. The SMILES string of the molecule is COP(Oc1cc(C)c(C)c(C)c1C)Oc1c(C)cc2cc(C)ccc2c1-c1c(OP(Oc2cc(C)c(C)c(C)c2C)Oc2cc(C)c(C)c(C)c2C)c(C)cc2cc(C)ccc12. The first-order valence-corrected chi connectivity index (χ1v) is 23.8. The van der Waals surface area contributed by atoms with E-state index in [1.807, 2.05) is 0 Å². The molecule has 0 heterocycles. The third-order valence-corrected chi connectivity index (χ3v) is 15.4. The van der Waals surface area contributed by atoms with Crippen LogP contribution < -0.4 is 22.6 Å². The van der Waals surface area contributed by atoms with E-state index in [0.717, 1.165) is 106 Å². The predicted molar refractivity (Wildman–Crippen MR) is 266 cm³/mol. The summed E-state index contributed by atoms with van der Waals surface area (Å²) in [6, 6.07) is 23.8. The fraction of sp³-hybridized carbons (Fsp3) is 0.309. The number of fused-ring (bicyclic) bond motifs is 2. The van der Waals surface area contributed by atoms with Gasteiger partial charge in [-0.15, -0.1) is 0 Å². The Morgan fingerprint density at radius 3 is 1.00 bits per heavy atom. The molecule has 0 spiro atoms. The second-order valence-electron chi connectivity index (χ2n) is 17.5. The van der Waals surface area contributed by atoms with Gasteiger partial charge in [0.2, 0.25) is 0 Å². The molecule has 1 unspecified atom stereocenters. The zero-order valence-electron chi connectivity index (χ0n) is 40.2. The van der Waals surface area contributed by atoms with Crippen LogP contribution in [0.2, 0.25) is 0 Å². The highest BCUT2D eigenvalue weighted by atomic mass is 31.2. The molecule has 0 aliphatic heterocycles. The van der Waals surface area contributed by atoms with Gasteiger partial charge in [-0.25, -0.2) is 0 Å². The van der Waals surface area contributed by atoms with Crippen LogP contribution in [-0.4, -0.2) is 7.11 Å². The Morgan fingerprint density at radius 1 is 0.317 bits per heavy atom. The summed E-state index contributed by atoms with van der Waals surface area (Å²) in [6.45, 7) is 34.0. The highest BCUT2D eigenvalue weighted by Crippen LogP contribution is 2.56. The maximum atomic E-state index is 7.36. The van der Waals surface area contributed by atoms with Crippen LogP contribution >= 0.6 is 17.2 Å². The topological polar surface area (TPSA) is 55.4 Å². The summed E-state index contributed by atoms with van der Waals surface area (Å²) < 4.78 is 41.2. The van der Waals surface area contributed by atoms with Gasteiger partial charge in [0, 0.05) is 18.2 Å². The molecule has 8 heteroatoms. The number of benzene rings is 7. The van der Waals surface area contributed by atoms with Gasteiger partial charge in [-0.3, -0.25) is 4.52 Å². The van der Waals surface area contributed by atoms with Gasteiger partial charge in [-0.2, -0.15) is 0 Å². The van der Waals surface area contributed by atoms with E-state index < -0.39 is 17.2 Å². The average Bonchev–Trinajstić information content (AvgIpc) is 3.24. The summed E-state index contributed by atoms with van der Waals surface area (Å²) in [5.74, 6) is 3.51. The first-order valence-electron chi connectivity index (χ1n) is 21.6. The molecular formula is C55H62O6P2. The first-order chi connectivity index (χ1) is 29.8. The Hall–Kier alpha value is -5.12. The molecule has 0 fully saturated rings.